The van der Waals surface area contributed by atoms with E-state index < -0.39 is 11.9 Å². The minimum atomic E-state index is -1.01. The summed E-state index contributed by atoms with van der Waals surface area (Å²) in [7, 11) is 1.42. The highest BCUT2D eigenvalue weighted by Gasteiger charge is 2.19. The van der Waals surface area contributed by atoms with Gasteiger partial charge in [0.05, 0.1) is 13.0 Å². The van der Waals surface area contributed by atoms with Gasteiger partial charge in [-0.3, -0.25) is 4.79 Å². The fourth-order valence-corrected chi connectivity index (χ4v) is 1.30. The summed E-state index contributed by atoms with van der Waals surface area (Å²) in [5.74, 6) is -1.60. The fraction of sp³-hybridized carbons (Fsp3) is 0.300. The molecule has 0 amide bonds. The zero-order chi connectivity index (χ0) is 11.4. The average Bonchev–Trinajstić information content (AvgIpc) is 2.18. The van der Waals surface area contributed by atoms with E-state index >= 15 is 0 Å². The molecule has 4 N–H and O–H groups in total. The number of rotatable bonds is 4. The van der Waals surface area contributed by atoms with Gasteiger partial charge in [0.25, 0.3) is 0 Å². The Balaban J connectivity index is 3.05. The molecule has 5 nitrogen and oxygen atoms in total. The van der Waals surface area contributed by atoms with Gasteiger partial charge in [-0.05, 0) is 17.7 Å². The summed E-state index contributed by atoms with van der Waals surface area (Å²) in [6.45, 7) is -0.0128. The molecule has 0 saturated heterocycles. The van der Waals surface area contributed by atoms with Crippen molar-refractivity contribution in [2.24, 2.45) is 5.73 Å². The molecule has 0 aliphatic heterocycles. The van der Waals surface area contributed by atoms with E-state index in [-0.39, 0.29) is 12.3 Å². The Morgan fingerprint density at radius 3 is 2.67 bits per heavy atom. The Morgan fingerprint density at radius 1 is 1.60 bits per heavy atom. The van der Waals surface area contributed by atoms with Gasteiger partial charge in [-0.2, -0.15) is 0 Å². The number of phenols is 1. The first-order valence-electron chi connectivity index (χ1n) is 4.40. The van der Waals surface area contributed by atoms with E-state index in [0.717, 1.165) is 0 Å². The second kappa shape index (κ2) is 4.65. The van der Waals surface area contributed by atoms with Gasteiger partial charge in [-0.15, -0.1) is 0 Å². The zero-order valence-corrected chi connectivity index (χ0v) is 8.30. The maximum absolute atomic E-state index is 10.8. The van der Waals surface area contributed by atoms with E-state index in [1.54, 1.807) is 6.07 Å². The van der Waals surface area contributed by atoms with Gasteiger partial charge >= 0.3 is 5.97 Å². The number of aromatic hydroxyl groups is 1. The maximum atomic E-state index is 10.8. The van der Waals surface area contributed by atoms with Crippen LogP contribution in [0.2, 0.25) is 0 Å². The first kappa shape index (κ1) is 11.3. The van der Waals surface area contributed by atoms with E-state index in [0.29, 0.717) is 11.3 Å². The lowest BCUT2D eigenvalue weighted by molar-refractivity contribution is -0.138. The van der Waals surface area contributed by atoms with Crippen molar-refractivity contribution in [3.63, 3.8) is 0 Å². The van der Waals surface area contributed by atoms with Gasteiger partial charge in [-0.25, -0.2) is 0 Å². The second-order valence-corrected chi connectivity index (χ2v) is 3.06. The van der Waals surface area contributed by atoms with E-state index in [1.807, 2.05) is 0 Å². The molecule has 0 heterocycles. The quantitative estimate of drug-likeness (QED) is 0.675. The van der Waals surface area contributed by atoms with E-state index in [9.17, 15) is 9.90 Å². The summed E-state index contributed by atoms with van der Waals surface area (Å²) in [6.07, 6.45) is 0. The molecule has 0 spiro atoms. The van der Waals surface area contributed by atoms with Gasteiger partial charge in [0.15, 0.2) is 11.5 Å². The van der Waals surface area contributed by atoms with Crippen LogP contribution in [0.25, 0.3) is 0 Å². The monoisotopic (exact) mass is 211 g/mol. The molecule has 15 heavy (non-hydrogen) atoms. The lowest BCUT2D eigenvalue weighted by Crippen LogP contribution is -2.20. The van der Waals surface area contributed by atoms with Crippen molar-refractivity contribution in [3.05, 3.63) is 23.8 Å². The standard InChI is InChI=1S/C10H13NO4/c1-15-9-3-2-6(4-8(9)12)7(5-11)10(13)14/h2-4,7,12H,5,11H2,1H3,(H,13,14)/t7-/m1/s1. The molecule has 1 aromatic rings. The van der Waals surface area contributed by atoms with Gasteiger partial charge in [0, 0.05) is 6.54 Å². The molecule has 0 saturated carbocycles. The van der Waals surface area contributed by atoms with Crippen LogP contribution in [0.15, 0.2) is 18.2 Å². The minimum absolute atomic E-state index is 0.0128. The molecule has 0 bridgehead atoms. The van der Waals surface area contributed by atoms with Crippen LogP contribution in [0.1, 0.15) is 11.5 Å². The van der Waals surface area contributed by atoms with Crippen LogP contribution in [-0.2, 0) is 4.79 Å². The van der Waals surface area contributed by atoms with Crippen LogP contribution in [-0.4, -0.2) is 29.8 Å². The SMILES string of the molecule is COc1ccc([C@@H](CN)C(=O)O)cc1O. The number of phenolic OH excluding ortho intramolecular Hbond substituents is 1. The fourth-order valence-electron chi connectivity index (χ4n) is 1.30. The maximum Gasteiger partial charge on any atom is 0.312 e. The van der Waals surface area contributed by atoms with Crippen LogP contribution in [0.4, 0.5) is 0 Å². The number of ether oxygens (including phenoxy) is 1. The Labute approximate surface area is 87.1 Å². The van der Waals surface area contributed by atoms with Gasteiger partial charge in [0.1, 0.15) is 0 Å². The highest BCUT2D eigenvalue weighted by Crippen LogP contribution is 2.29. The van der Waals surface area contributed by atoms with Crippen LogP contribution in [0, 0.1) is 0 Å². The number of benzene rings is 1. The van der Waals surface area contributed by atoms with Gasteiger partial charge in [0.2, 0.25) is 0 Å². The molecule has 5 heteroatoms. The summed E-state index contributed by atoms with van der Waals surface area (Å²) in [5.41, 5.74) is 5.79. The summed E-state index contributed by atoms with van der Waals surface area (Å²) in [5, 5.41) is 18.3. The summed E-state index contributed by atoms with van der Waals surface area (Å²) >= 11 is 0. The summed E-state index contributed by atoms with van der Waals surface area (Å²) in [6, 6.07) is 4.44. The molecule has 0 fully saturated rings. The van der Waals surface area contributed by atoms with Crippen molar-refractivity contribution < 1.29 is 19.7 Å². The minimum Gasteiger partial charge on any atom is -0.504 e. The highest BCUT2D eigenvalue weighted by molar-refractivity contribution is 5.76. The average molecular weight is 211 g/mol. The van der Waals surface area contributed by atoms with Crippen LogP contribution >= 0.6 is 0 Å². The topological polar surface area (TPSA) is 92.8 Å². The molecular weight excluding hydrogens is 198 g/mol. The summed E-state index contributed by atoms with van der Waals surface area (Å²) < 4.78 is 4.85. The number of nitrogens with two attached hydrogens (primary N) is 1. The molecule has 0 aromatic heterocycles. The third-order valence-corrected chi connectivity index (χ3v) is 2.14. The third kappa shape index (κ3) is 2.38. The number of aliphatic carboxylic acids is 1. The number of hydrogen-bond donors (Lipinski definition) is 3. The molecule has 1 aromatic carbocycles. The molecule has 0 unspecified atom stereocenters. The van der Waals surface area contributed by atoms with Crippen molar-refractivity contribution in [2.75, 3.05) is 13.7 Å². The number of carboxylic acids is 1. The lowest BCUT2D eigenvalue weighted by atomic mass is 9.99. The Kier molecular flexibility index (Phi) is 3.51. The Hall–Kier alpha value is -1.75. The van der Waals surface area contributed by atoms with E-state index in [2.05, 4.69) is 0 Å². The van der Waals surface area contributed by atoms with Crippen LogP contribution in [0.5, 0.6) is 11.5 Å². The van der Waals surface area contributed by atoms with Crippen molar-refractivity contribution >= 4 is 5.97 Å². The zero-order valence-electron chi connectivity index (χ0n) is 8.30. The van der Waals surface area contributed by atoms with E-state index in [4.69, 9.17) is 15.6 Å². The van der Waals surface area contributed by atoms with Crippen LogP contribution in [0.3, 0.4) is 0 Å². The van der Waals surface area contributed by atoms with Crippen LogP contribution < -0.4 is 10.5 Å². The number of carboxylic acid groups (broad SMARTS) is 1. The van der Waals surface area contributed by atoms with Crippen molar-refractivity contribution in [1.29, 1.82) is 0 Å². The van der Waals surface area contributed by atoms with Gasteiger partial charge < -0.3 is 20.7 Å². The molecule has 82 valence electrons. The smallest absolute Gasteiger partial charge is 0.312 e. The molecule has 1 atom stereocenters. The number of hydrogen-bond acceptors (Lipinski definition) is 4. The summed E-state index contributed by atoms with van der Waals surface area (Å²) in [4.78, 5) is 10.8. The molecule has 0 aliphatic rings. The molecule has 1 rings (SSSR count). The van der Waals surface area contributed by atoms with Crippen molar-refractivity contribution in [1.82, 2.24) is 0 Å². The predicted molar refractivity (Wildman–Crippen MR) is 54.1 cm³/mol. The van der Waals surface area contributed by atoms with Crippen molar-refractivity contribution in [3.8, 4) is 11.5 Å². The molecule has 0 aliphatic carbocycles. The van der Waals surface area contributed by atoms with E-state index in [1.165, 1.54) is 19.2 Å². The Bertz CT molecular complexity index is 364. The van der Waals surface area contributed by atoms with Crippen molar-refractivity contribution in [2.45, 2.75) is 5.92 Å². The highest BCUT2D eigenvalue weighted by atomic mass is 16.5. The molecular formula is C10H13NO4. The largest absolute Gasteiger partial charge is 0.504 e. The second-order valence-electron chi connectivity index (χ2n) is 3.06. The number of carbonyl (C=O) groups is 1. The number of methoxy groups -OCH3 is 1. The first-order chi connectivity index (χ1) is 7.10. The molecule has 0 radical (unpaired) electrons. The third-order valence-electron chi connectivity index (χ3n) is 2.14. The Morgan fingerprint density at radius 2 is 2.27 bits per heavy atom. The van der Waals surface area contributed by atoms with Gasteiger partial charge in [-0.1, -0.05) is 6.07 Å². The predicted octanol–water partition coefficient (Wildman–Crippen LogP) is 0.528. The normalized spacial score (nSPS) is 12.1. The lowest BCUT2D eigenvalue weighted by Gasteiger charge is -2.11. The first-order valence-corrected chi connectivity index (χ1v) is 4.40.